The zero-order valence-corrected chi connectivity index (χ0v) is 7.14. The van der Waals surface area contributed by atoms with Gasteiger partial charge in [-0.1, -0.05) is 36.4 Å². The zero-order valence-electron chi connectivity index (χ0n) is 7.14. The molecular formula is C11H10O2. The predicted octanol–water partition coefficient (Wildman–Crippen LogP) is 2.09. The molecule has 0 radical (unpaired) electrons. The standard InChI is InChI=1S/C11H10O2/c1-2-9-10(13-11(9)12)8-6-4-3-5-7-8/h2-7,9-10H,1H2. The van der Waals surface area contributed by atoms with E-state index in [4.69, 9.17) is 4.74 Å². The molecule has 1 aliphatic heterocycles. The van der Waals surface area contributed by atoms with Crippen molar-refractivity contribution in [3.8, 4) is 0 Å². The summed E-state index contributed by atoms with van der Waals surface area (Å²) in [4.78, 5) is 11.0. The van der Waals surface area contributed by atoms with Crippen LogP contribution >= 0.6 is 0 Å². The Morgan fingerprint density at radius 1 is 1.31 bits per heavy atom. The van der Waals surface area contributed by atoms with Crippen LogP contribution in [0.25, 0.3) is 0 Å². The third-order valence-electron chi connectivity index (χ3n) is 2.22. The van der Waals surface area contributed by atoms with Crippen LogP contribution < -0.4 is 0 Å². The molecule has 2 unspecified atom stereocenters. The fraction of sp³-hybridized carbons (Fsp3) is 0.182. The molecule has 2 rings (SSSR count). The number of hydrogen-bond donors (Lipinski definition) is 0. The maximum Gasteiger partial charge on any atom is 0.317 e. The van der Waals surface area contributed by atoms with Gasteiger partial charge in [-0.15, -0.1) is 6.58 Å². The molecule has 1 saturated heterocycles. The van der Waals surface area contributed by atoms with Crippen molar-refractivity contribution < 1.29 is 9.53 Å². The fourth-order valence-electron chi connectivity index (χ4n) is 1.47. The molecule has 0 aromatic heterocycles. The topological polar surface area (TPSA) is 26.3 Å². The van der Waals surface area contributed by atoms with Gasteiger partial charge in [0, 0.05) is 0 Å². The molecule has 0 aliphatic carbocycles. The Bertz CT molecular complexity index is 329. The maximum absolute atomic E-state index is 11.0. The SMILES string of the molecule is C=CC1C(=O)OC1c1ccccc1. The Balaban J connectivity index is 2.20. The van der Waals surface area contributed by atoms with Crippen LogP contribution in [0.5, 0.6) is 0 Å². The van der Waals surface area contributed by atoms with Gasteiger partial charge >= 0.3 is 5.97 Å². The number of benzene rings is 1. The van der Waals surface area contributed by atoms with Crippen molar-refractivity contribution in [2.24, 2.45) is 5.92 Å². The molecule has 1 heterocycles. The number of rotatable bonds is 2. The van der Waals surface area contributed by atoms with E-state index in [9.17, 15) is 4.79 Å². The van der Waals surface area contributed by atoms with Gasteiger partial charge in [-0.2, -0.15) is 0 Å². The highest BCUT2D eigenvalue weighted by Gasteiger charge is 2.40. The molecule has 0 saturated carbocycles. The van der Waals surface area contributed by atoms with Crippen molar-refractivity contribution in [3.05, 3.63) is 48.6 Å². The first-order valence-corrected chi connectivity index (χ1v) is 4.21. The number of ether oxygens (including phenoxy) is 1. The molecule has 0 amide bonds. The molecule has 1 aromatic rings. The molecular weight excluding hydrogens is 164 g/mol. The first kappa shape index (κ1) is 8.05. The first-order chi connectivity index (χ1) is 6.33. The Labute approximate surface area is 76.8 Å². The van der Waals surface area contributed by atoms with Crippen LogP contribution in [-0.4, -0.2) is 5.97 Å². The van der Waals surface area contributed by atoms with Crippen molar-refractivity contribution >= 4 is 5.97 Å². The van der Waals surface area contributed by atoms with Crippen molar-refractivity contribution in [3.63, 3.8) is 0 Å². The summed E-state index contributed by atoms with van der Waals surface area (Å²) in [6, 6.07) is 9.71. The summed E-state index contributed by atoms with van der Waals surface area (Å²) in [5.41, 5.74) is 1.03. The van der Waals surface area contributed by atoms with Gasteiger partial charge in [-0.05, 0) is 5.56 Å². The molecule has 2 heteroatoms. The number of hydrogen-bond acceptors (Lipinski definition) is 2. The second-order valence-electron chi connectivity index (χ2n) is 3.03. The van der Waals surface area contributed by atoms with Crippen LogP contribution in [0.3, 0.4) is 0 Å². The summed E-state index contributed by atoms with van der Waals surface area (Å²) in [6.07, 6.45) is 1.52. The molecule has 1 aromatic carbocycles. The monoisotopic (exact) mass is 174 g/mol. The van der Waals surface area contributed by atoms with Crippen LogP contribution in [0.4, 0.5) is 0 Å². The Morgan fingerprint density at radius 2 is 2.00 bits per heavy atom. The van der Waals surface area contributed by atoms with E-state index in [0.29, 0.717) is 0 Å². The van der Waals surface area contributed by atoms with Gasteiger partial charge in [-0.25, -0.2) is 0 Å². The molecule has 1 aliphatic rings. The third-order valence-corrected chi connectivity index (χ3v) is 2.22. The van der Waals surface area contributed by atoms with Crippen molar-refractivity contribution in [1.82, 2.24) is 0 Å². The van der Waals surface area contributed by atoms with Gasteiger partial charge < -0.3 is 4.74 Å². The van der Waals surface area contributed by atoms with Crippen LogP contribution in [0, 0.1) is 5.92 Å². The second-order valence-corrected chi connectivity index (χ2v) is 3.03. The van der Waals surface area contributed by atoms with E-state index in [1.54, 1.807) is 6.08 Å². The lowest BCUT2D eigenvalue weighted by molar-refractivity contribution is -0.180. The molecule has 0 spiro atoms. The van der Waals surface area contributed by atoms with Gasteiger partial charge in [0.25, 0.3) is 0 Å². The Hall–Kier alpha value is -1.57. The molecule has 0 N–H and O–H groups in total. The van der Waals surface area contributed by atoms with E-state index in [2.05, 4.69) is 6.58 Å². The van der Waals surface area contributed by atoms with E-state index in [-0.39, 0.29) is 18.0 Å². The molecule has 13 heavy (non-hydrogen) atoms. The van der Waals surface area contributed by atoms with Gasteiger partial charge in [0.05, 0.1) is 0 Å². The summed E-state index contributed by atoms with van der Waals surface area (Å²) in [6.45, 7) is 3.61. The molecule has 2 nitrogen and oxygen atoms in total. The van der Waals surface area contributed by atoms with Crippen molar-refractivity contribution in [1.29, 1.82) is 0 Å². The van der Waals surface area contributed by atoms with E-state index >= 15 is 0 Å². The number of esters is 1. The largest absolute Gasteiger partial charge is 0.456 e. The minimum absolute atomic E-state index is 0.119. The summed E-state index contributed by atoms with van der Waals surface area (Å²) in [5.74, 6) is -0.341. The smallest absolute Gasteiger partial charge is 0.317 e. The highest BCUT2D eigenvalue weighted by Crippen LogP contribution is 2.36. The van der Waals surface area contributed by atoms with Crippen molar-refractivity contribution in [2.45, 2.75) is 6.10 Å². The van der Waals surface area contributed by atoms with Crippen molar-refractivity contribution in [2.75, 3.05) is 0 Å². The highest BCUT2D eigenvalue weighted by atomic mass is 16.6. The van der Waals surface area contributed by atoms with E-state index in [0.717, 1.165) is 5.56 Å². The lowest BCUT2D eigenvalue weighted by Crippen LogP contribution is -2.36. The highest BCUT2D eigenvalue weighted by molar-refractivity contribution is 5.81. The van der Waals surface area contributed by atoms with Crippen LogP contribution in [0.1, 0.15) is 11.7 Å². The summed E-state index contributed by atoms with van der Waals surface area (Å²) >= 11 is 0. The van der Waals surface area contributed by atoms with E-state index < -0.39 is 0 Å². The number of carbonyl (C=O) groups is 1. The zero-order chi connectivity index (χ0) is 9.26. The van der Waals surface area contributed by atoms with Crippen LogP contribution in [-0.2, 0) is 9.53 Å². The Morgan fingerprint density at radius 3 is 2.54 bits per heavy atom. The molecule has 66 valence electrons. The second kappa shape index (κ2) is 3.05. The lowest BCUT2D eigenvalue weighted by Gasteiger charge is -2.33. The van der Waals surface area contributed by atoms with Gasteiger partial charge in [0.15, 0.2) is 0 Å². The third kappa shape index (κ3) is 1.24. The normalized spacial score (nSPS) is 26.0. The quantitative estimate of drug-likeness (QED) is 0.507. The fourth-order valence-corrected chi connectivity index (χ4v) is 1.47. The van der Waals surface area contributed by atoms with Gasteiger partial charge in [-0.3, -0.25) is 4.79 Å². The predicted molar refractivity (Wildman–Crippen MR) is 49.0 cm³/mol. The minimum Gasteiger partial charge on any atom is -0.456 e. The summed E-state index contributed by atoms with van der Waals surface area (Å²) < 4.78 is 5.02. The van der Waals surface area contributed by atoms with Crippen LogP contribution in [0.2, 0.25) is 0 Å². The van der Waals surface area contributed by atoms with Gasteiger partial charge in [0.1, 0.15) is 12.0 Å². The maximum atomic E-state index is 11.0. The Kier molecular flexibility index (Phi) is 1.89. The van der Waals surface area contributed by atoms with Crippen LogP contribution in [0.15, 0.2) is 43.0 Å². The molecule has 2 atom stereocenters. The average molecular weight is 174 g/mol. The van der Waals surface area contributed by atoms with Gasteiger partial charge in [0.2, 0.25) is 0 Å². The molecule has 0 bridgehead atoms. The first-order valence-electron chi connectivity index (χ1n) is 4.21. The van der Waals surface area contributed by atoms with E-state index in [1.807, 2.05) is 30.3 Å². The van der Waals surface area contributed by atoms with E-state index in [1.165, 1.54) is 0 Å². The molecule has 1 fully saturated rings. The average Bonchev–Trinajstić information content (AvgIpc) is 2.16. The summed E-state index contributed by atoms with van der Waals surface area (Å²) in [5, 5.41) is 0. The lowest BCUT2D eigenvalue weighted by atomic mass is 9.91. The summed E-state index contributed by atoms with van der Waals surface area (Å²) in [7, 11) is 0. The minimum atomic E-state index is -0.177. The number of carbonyl (C=O) groups excluding carboxylic acids is 1. The number of cyclic esters (lactones) is 1.